The molecular formula is C14H12F3N5O. The van der Waals surface area contributed by atoms with Crippen LogP contribution in [0, 0.1) is 0 Å². The molecule has 0 bridgehead atoms. The van der Waals surface area contributed by atoms with Crippen LogP contribution in [-0.2, 0) is 6.18 Å². The Morgan fingerprint density at radius 3 is 2.65 bits per heavy atom. The first-order valence-electron chi connectivity index (χ1n) is 6.71. The number of nitrogens with zero attached hydrogens (tertiary/aromatic N) is 2. The third-order valence-corrected chi connectivity index (χ3v) is 3.33. The summed E-state index contributed by atoms with van der Waals surface area (Å²) in [6.07, 6.45) is -3.47. The first-order valence-corrected chi connectivity index (χ1v) is 6.71. The lowest BCUT2D eigenvalue weighted by atomic mass is 10.1. The summed E-state index contributed by atoms with van der Waals surface area (Å²) in [6, 6.07) is 5.68. The van der Waals surface area contributed by atoms with Crippen LogP contribution in [0.4, 0.5) is 19.1 Å². The molecule has 0 fully saturated rings. The van der Waals surface area contributed by atoms with Gasteiger partial charge in [0.1, 0.15) is 5.69 Å². The number of benzene rings is 1. The van der Waals surface area contributed by atoms with Gasteiger partial charge in [0.2, 0.25) is 5.95 Å². The van der Waals surface area contributed by atoms with Crippen molar-refractivity contribution < 1.29 is 13.2 Å². The molecule has 6 nitrogen and oxygen atoms in total. The van der Waals surface area contributed by atoms with Gasteiger partial charge in [-0.25, -0.2) is 14.8 Å². The highest BCUT2D eigenvalue weighted by molar-refractivity contribution is 5.75. The Hall–Kier alpha value is -2.84. The summed E-state index contributed by atoms with van der Waals surface area (Å²) in [6.45, 7) is 1.76. The average molecular weight is 323 g/mol. The second-order valence-corrected chi connectivity index (χ2v) is 5.01. The molecule has 3 N–H and O–H groups in total. The fourth-order valence-corrected chi connectivity index (χ4v) is 2.18. The minimum absolute atomic E-state index is 0.116. The van der Waals surface area contributed by atoms with Crippen molar-refractivity contribution >= 4 is 17.0 Å². The first kappa shape index (κ1) is 15.1. The number of aromatic amines is 2. The number of anilines is 1. The molecule has 0 aliphatic heterocycles. The lowest BCUT2D eigenvalue weighted by Gasteiger charge is -2.15. The molecule has 0 unspecified atom stereocenters. The maximum atomic E-state index is 12.6. The van der Waals surface area contributed by atoms with Gasteiger partial charge >= 0.3 is 11.9 Å². The van der Waals surface area contributed by atoms with E-state index in [1.165, 1.54) is 0 Å². The second-order valence-electron chi connectivity index (χ2n) is 5.01. The van der Waals surface area contributed by atoms with Crippen molar-refractivity contribution in [2.24, 2.45) is 0 Å². The van der Waals surface area contributed by atoms with Gasteiger partial charge in [0.15, 0.2) is 0 Å². The van der Waals surface area contributed by atoms with Gasteiger partial charge in [-0.15, -0.1) is 0 Å². The van der Waals surface area contributed by atoms with E-state index >= 15 is 0 Å². The molecule has 0 aliphatic carbocycles. The van der Waals surface area contributed by atoms with E-state index in [4.69, 9.17) is 0 Å². The molecular weight excluding hydrogens is 311 g/mol. The number of halogens is 3. The fraction of sp³-hybridized carbons (Fsp3) is 0.214. The summed E-state index contributed by atoms with van der Waals surface area (Å²) in [5.74, 6) is -0.116. The third kappa shape index (κ3) is 3.17. The highest BCUT2D eigenvalue weighted by Gasteiger charge is 2.32. The van der Waals surface area contributed by atoms with Crippen molar-refractivity contribution in [2.75, 3.05) is 5.32 Å². The zero-order valence-electron chi connectivity index (χ0n) is 11.9. The van der Waals surface area contributed by atoms with E-state index in [0.29, 0.717) is 11.0 Å². The first-order chi connectivity index (χ1) is 10.8. The van der Waals surface area contributed by atoms with Crippen molar-refractivity contribution in [1.29, 1.82) is 0 Å². The molecule has 0 radical (unpaired) electrons. The Kier molecular flexibility index (Phi) is 3.55. The monoisotopic (exact) mass is 323 g/mol. The number of aromatic nitrogens is 4. The van der Waals surface area contributed by atoms with Crippen molar-refractivity contribution in [3.05, 3.63) is 52.2 Å². The predicted molar refractivity (Wildman–Crippen MR) is 78.0 cm³/mol. The van der Waals surface area contributed by atoms with Crippen molar-refractivity contribution in [3.63, 3.8) is 0 Å². The van der Waals surface area contributed by atoms with Crippen molar-refractivity contribution in [3.8, 4) is 0 Å². The predicted octanol–water partition coefficient (Wildman–Crippen LogP) is 2.84. The molecule has 1 atom stereocenters. The number of rotatable bonds is 3. The van der Waals surface area contributed by atoms with E-state index < -0.39 is 11.9 Å². The van der Waals surface area contributed by atoms with Gasteiger partial charge < -0.3 is 15.3 Å². The van der Waals surface area contributed by atoms with Gasteiger partial charge in [-0.05, 0) is 30.7 Å². The lowest BCUT2D eigenvalue weighted by molar-refractivity contribution is -0.141. The average Bonchev–Trinajstić information content (AvgIpc) is 2.85. The van der Waals surface area contributed by atoms with Crippen molar-refractivity contribution in [1.82, 2.24) is 19.9 Å². The molecule has 0 saturated carbocycles. The molecule has 0 saturated heterocycles. The molecule has 120 valence electrons. The summed E-state index contributed by atoms with van der Waals surface area (Å²) in [4.78, 5) is 23.7. The summed E-state index contributed by atoms with van der Waals surface area (Å²) < 4.78 is 37.9. The number of hydrogen-bond acceptors (Lipinski definition) is 4. The smallest absolute Gasteiger partial charge is 0.348 e. The molecule has 0 amide bonds. The summed E-state index contributed by atoms with van der Waals surface area (Å²) in [5, 5.41) is 2.82. The summed E-state index contributed by atoms with van der Waals surface area (Å²) in [7, 11) is 0. The maximum absolute atomic E-state index is 12.6. The number of H-pyrrole nitrogens is 2. The molecule has 0 aliphatic rings. The molecule has 9 heteroatoms. The largest absolute Gasteiger partial charge is 0.433 e. The quantitative estimate of drug-likeness (QED) is 0.692. The van der Waals surface area contributed by atoms with Crippen LogP contribution >= 0.6 is 0 Å². The Bertz CT molecular complexity index is 899. The zero-order valence-corrected chi connectivity index (χ0v) is 11.9. The highest BCUT2D eigenvalue weighted by atomic mass is 19.4. The molecule has 0 spiro atoms. The zero-order chi connectivity index (χ0) is 16.6. The maximum Gasteiger partial charge on any atom is 0.433 e. The van der Waals surface area contributed by atoms with Crippen LogP contribution in [0.5, 0.6) is 0 Å². The Morgan fingerprint density at radius 1 is 1.17 bits per heavy atom. The Balaban J connectivity index is 1.85. The standard InChI is InChI=1S/C14H12F3N5O/c1-7(8-2-3-9-10(6-8)21-13(23)20-9)19-12-18-5-4-11(22-12)14(15,16)17/h2-7H,1H3,(H,18,19,22)(H2,20,21,23)/t7-/m1/s1. The molecule has 2 heterocycles. The fourth-order valence-electron chi connectivity index (χ4n) is 2.18. The molecule has 3 aromatic rings. The highest BCUT2D eigenvalue weighted by Crippen LogP contribution is 2.28. The summed E-state index contributed by atoms with van der Waals surface area (Å²) >= 11 is 0. The number of fused-ring (bicyclic) bond motifs is 1. The lowest BCUT2D eigenvalue weighted by Crippen LogP contribution is -2.13. The topological polar surface area (TPSA) is 86.5 Å². The molecule has 3 rings (SSSR count). The van der Waals surface area contributed by atoms with E-state index in [9.17, 15) is 18.0 Å². The number of hydrogen-bond donors (Lipinski definition) is 3. The number of alkyl halides is 3. The van der Waals surface area contributed by atoms with E-state index in [0.717, 1.165) is 17.8 Å². The Morgan fingerprint density at radius 2 is 1.91 bits per heavy atom. The van der Waals surface area contributed by atoms with Crippen LogP contribution in [0.1, 0.15) is 24.2 Å². The second kappa shape index (κ2) is 5.41. The van der Waals surface area contributed by atoms with Crippen LogP contribution in [0.2, 0.25) is 0 Å². The minimum Gasteiger partial charge on any atom is -0.348 e. The summed E-state index contributed by atoms with van der Waals surface area (Å²) in [5.41, 5.74) is 0.715. The van der Waals surface area contributed by atoms with Crippen LogP contribution < -0.4 is 11.0 Å². The molecule has 23 heavy (non-hydrogen) atoms. The van der Waals surface area contributed by atoms with Crippen LogP contribution in [0.3, 0.4) is 0 Å². The van der Waals surface area contributed by atoms with Gasteiger partial charge in [-0.2, -0.15) is 13.2 Å². The van der Waals surface area contributed by atoms with Crippen molar-refractivity contribution in [2.45, 2.75) is 19.1 Å². The van der Waals surface area contributed by atoms with Gasteiger partial charge in [-0.3, -0.25) is 0 Å². The minimum atomic E-state index is -4.52. The van der Waals surface area contributed by atoms with Gasteiger partial charge in [0.05, 0.1) is 17.1 Å². The van der Waals surface area contributed by atoms with E-state index in [1.807, 2.05) is 0 Å². The van der Waals surface area contributed by atoms with Gasteiger partial charge in [0.25, 0.3) is 0 Å². The normalized spacial score (nSPS) is 13.2. The van der Waals surface area contributed by atoms with E-state index in [1.54, 1.807) is 25.1 Å². The molecule has 2 aromatic heterocycles. The Labute approximate surface area is 127 Å². The number of imidazole rings is 1. The molecule has 1 aromatic carbocycles. The van der Waals surface area contributed by atoms with Gasteiger partial charge in [-0.1, -0.05) is 6.07 Å². The van der Waals surface area contributed by atoms with E-state index in [-0.39, 0.29) is 17.7 Å². The van der Waals surface area contributed by atoms with Crippen LogP contribution in [0.25, 0.3) is 11.0 Å². The third-order valence-electron chi connectivity index (χ3n) is 3.33. The van der Waals surface area contributed by atoms with Gasteiger partial charge in [0, 0.05) is 6.20 Å². The van der Waals surface area contributed by atoms with Crippen LogP contribution in [0.15, 0.2) is 35.3 Å². The SMILES string of the molecule is C[C@@H](Nc1nccc(C(F)(F)F)n1)c1ccc2[nH]c(=O)[nH]c2c1. The number of nitrogens with one attached hydrogen (secondary N) is 3. The van der Waals surface area contributed by atoms with Crippen LogP contribution in [-0.4, -0.2) is 19.9 Å². The van der Waals surface area contributed by atoms with E-state index in [2.05, 4.69) is 25.3 Å².